The van der Waals surface area contributed by atoms with E-state index >= 15 is 0 Å². The van der Waals surface area contributed by atoms with Gasteiger partial charge in [0.2, 0.25) is 0 Å². The zero-order valence-electron chi connectivity index (χ0n) is 10.4. The van der Waals surface area contributed by atoms with Crippen LogP contribution in [0.25, 0.3) is 0 Å². The van der Waals surface area contributed by atoms with Gasteiger partial charge in [0.1, 0.15) is 0 Å². The number of nitrogens with one attached hydrogen (secondary N) is 1. The van der Waals surface area contributed by atoms with E-state index in [0.29, 0.717) is 5.41 Å². The van der Waals surface area contributed by atoms with Crippen LogP contribution in [0.5, 0.6) is 0 Å². The highest BCUT2D eigenvalue weighted by Crippen LogP contribution is 2.26. The molecule has 84 valence electrons. The Labute approximate surface area is 89.7 Å². The minimum Gasteiger partial charge on any atom is -0.313 e. The van der Waals surface area contributed by atoms with Crippen LogP contribution in [-0.4, -0.2) is 12.6 Å². The fourth-order valence-electron chi connectivity index (χ4n) is 1.92. The van der Waals surface area contributed by atoms with E-state index in [0.717, 1.165) is 12.0 Å². The Morgan fingerprint density at radius 1 is 1.14 bits per heavy atom. The zero-order chi connectivity index (χ0) is 10.6. The quantitative estimate of drug-likeness (QED) is 0.726. The van der Waals surface area contributed by atoms with Gasteiger partial charge in [0.25, 0.3) is 0 Å². The van der Waals surface area contributed by atoms with Gasteiger partial charge < -0.3 is 5.32 Å². The fraction of sp³-hybridized carbons (Fsp3) is 1.00. The molecule has 0 aromatic rings. The van der Waals surface area contributed by atoms with Crippen LogP contribution in [0.3, 0.4) is 0 Å². The summed E-state index contributed by atoms with van der Waals surface area (Å²) in [6, 6.07) is 0.807. The van der Waals surface area contributed by atoms with Crippen molar-refractivity contribution in [3.63, 3.8) is 0 Å². The smallest absolute Gasteiger partial charge is 0.00672 e. The van der Waals surface area contributed by atoms with Gasteiger partial charge in [-0.25, -0.2) is 0 Å². The Hall–Kier alpha value is -0.0400. The summed E-state index contributed by atoms with van der Waals surface area (Å²) in [6.07, 6.45) is 7.10. The van der Waals surface area contributed by atoms with Gasteiger partial charge in [-0.3, -0.25) is 0 Å². The number of hydrogen-bond acceptors (Lipinski definition) is 1. The van der Waals surface area contributed by atoms with Gasteiger partial charge in [-0.2, -0.15) is 0 Å². The molecular formula is C13H27N. The normalized spacial score (nSPS) is 20.4. The van der Waals surface area contributed by atoms with Crippen molar-refractivity contribution in [1.29, 1.82) is 0 Å². The molecule has 1 saturated carbocycles. The van der Waals surface area contributed by atoms with Crippen molar-refractivity contribution in [3.8, 4) is 0 Å². The molecule has 1 fully saturated rings. The minimum atomic E-state index is 0.442. The van der Waals surface area contributed by atoms with Crippen LogP contribution >= 0.6 is 0 Å². The zero-order valence-corrected chi connectivity index (χ0v) is 10.4. The Balaban J connectivity index is 2.24. The average Bonchev–Trinajstić information content (AvgIpc) is 2.16. The van der Waals surface area contributed by atoms with Crippen molar-refractivity contribution in [3.05, 3.63) is 0 Å². The van der Waals surface area contributed by atoms with E-state index < -0.39 is 0 Å². The van der Waals surface area contributed by atoms with E-state index in [1.54, 1.807) is 0 Å². The SMILES string of the molecule is CC(C)C(C)(C)CNC1CCCCC1. The molecule has 1 nitrogen and oxygen atoms in total. The number of hydrogen-bond donors (Lipinski definition) is 1. The predicted octanol–water partition coefficient (Wildman–Crippen LogP) is 3.59. The Kier molecular flexibility index (Phi) is 4.43. The molecule has 1 aliphatic rings. The van der Waals surface area contributed by atoms with Crippen LogP contribution in [0.2, 0.25) is 0 Å². The molecule has 1 heteroatoms. The second kappa shape index (κ2) is 5.16. The fourth-order valence-corrected chi connectivity index (χ4v) is 1.92. The Morgan fingerprint density at radius 3 is 2.21 bits per heavy atom. The molecule has 14 heavy (non-hydrogen) atoms. The van der Waals surface area contributed by atoms with Gasteiger partial charge in [-0.05, 0) is 24.2 Å². The van der Waals surface area contributed by atoms with E-state index in [-0.39, 0.29) is 0 Å². The molecule has 1 N–H and O–H groups in total. The first-order valence-electron chi connectivity index (χ1n) is 6.26. The molecule has 0 heterocycles. The summed E-state index contributed by atoms with van der Waals surface area (Å²) in [5.74, 6) is 0.763. The van der Waals surface area contributed by atoms with E-state index in [1.165, 1.54) is 38.6 Å². The molecule has 0 saturated heterocycles. The van der Waals surface area contributed by atoms with Gasteiger partial charge in [0.15, 0.2) is 0 Å². The van der Waals surface area contributed by atoms with Gasteiger partial charge in [0, 0.05) is 12.6 Å². The van der Waals surface area contributed by atoms with Gasteiger partial charge in [-0.1, -0.05) is 47.0 Å². The van der Waals surface area contributed by atoms with Crippen LogP contribution in [0, 0.1) is 11.3 Å². The first-order valence-corrected chi connectivity index (χ1v) is 6.26. The molecule has 0 atom stereocenters. The highest BCUT2D eigenvalue weighted by molar-refractivity contribution is 4.79. The van der Waals surface area contributed by atoms with Gasteiger partial charge in [-0.15, -0.1) is 0 Å². The van der Waals surface area contributed by atoms with Crippen molar-refractivity contribution in [2.24, 2.45) is 11.3 Å². The van der Waals surface area contributed by atoms with Gasteiger partial charge in [0.05, 0.1) is 0 Å². The molecule has 1 rings (SSSR count). The largest absolute Gasteiger partial charge is 0.313 e. The van der Waals surface area contributed by atoms with Crippen LogP contribution in [-0.2, 0) is 0 Å². The molecule has 0 unspecified atom stereocenters. The lowest BCUT2D eigenvalue weighted by atomic mass is 9.80. The van der Waals surface area contributed by atoms with E-state index in [4.69, 9.17) is 0 Å². The molecule has 0 aromatic heterocycles. The first-order chi connectivity index (χ1) is 6.52. The summed E-state index contributed by atoms with van der Waals surface area (Å²) in [4.78, 5) is 0. The maximum absolute atomic E-state index is 3.74. The number of rotatable bonds is 4. The van der Waals surface area contributed by atoms with Crippen molar-refractivity contribution < 1.29 is 0 Å². The molecule has 0 aliphatic heterocycles. The molecule has 0 spiro atoms. The molecule has 0 amide bonds. The standard InChI is InChI=1S/C13H27N/c1-11(2)13(3,4)10-14-12-8-6-5-7-9-12/h11-12,14H,5-10H2,1-4H3. The van der Waals surface area contributed by atoms with Crippen molar-refractivity contribution in [1.82, 2.24) is 5.32 Å². The third-order valence-corrected chi connectivity index (χ3v) is 4.01. The topological polar surface area (TPSA) is 12.0 Å². The second-order valence-corrected chi connectivity index (χ2v) is 5.86. The molecular weight excluding hydrogens is 170 g/mol. The average molecular weight is 197 g/mol. The summed E-state index contributed by atoms with van der Waals surface area (Å²) < 4.78 is 0. The lowest BCUT2D eigenvalue weighted by Gasteiger charge is -2.33. The van der Waals surface area contributed by atoms with Crippen LogP contribution < -0.4 is 5.32 Å². The summed E-state index contributed by atoms with van der Waals surface area (Å²) in [7, 11) is 0. The van der Waals surface area contributed by atoms with Crippen LogP contribution in [0.4, 0.5) is 0 Å². The van der Waals surface area contributed by atoms with Crippen molar-refractivity contribution >= 4 is 0 Å². The van der Waals surface area contributed by atoms with Crippen LogP contribution in [0.1, 0.15) is 59.8 Å². The molecule has 0 radical (unpaired) electrons. The first kappa shape index (κ1) is 12.0. The molecule has 0 bridgehead atoms. The van der Waals surface area contributed by atoms with Gasteiger partial charge >= 0.3 is 0 Å². The Morgan fingerprint density at radius 2 is 1.71 bits per heavy atom. The van der Waals surface area contributed by atoms with Crippen molar-refractivity contribution in [2.45, 2.75) is 65.8 Å². The lowest BCUT2D eigenvalue weighted by Crippen LogP contribution is -2.40. The highest BCUT2D eigenvalue weighted by atomic mass is 14.9. The summed E-state index contributed by atoms with van der Waals surface area (Å²) in [5.41, 5.74) is 0.442. The van der Waals surface area contributed by atoms with E-state index in [2.05, 4.69) is 33.0 Å². The Bertz CT molecular complexity index is 155. The monoisotopic (exact) mass is 197 g/mol. The third kappa shape index (κ3) is 3.61. The third-order valence-electron chi connectivity index (χ3n) is 4.01. The molecule has 1 aliphatic carbocycles. The maximum atomic E-state index is 3.74. The lowest BCUT2D eigenvalue weighted by molar-refractivity contribution is 0.217. The summed E-state index contributed by atoms with van der Waals surface area (Å²) in [6.45, 7) is 10.6. The second-order valence-electron chi connectivity index (χ2n) is 5.86. The predicted molar refractivity (Wildman–Crippen MR) is 63.5 cm³/mol. The molecule has 0 aromatic carbocycles. The van der Waals surface area contributed by atoms with E-state index in [9.17, 15) is 0 Å². The van der Waals surface area contributed by atoms with Crippen LogP contribution in [0.15, 0.2) is 0 Å². The minimum absolute atomic E-state index is 0.442. The summed E-state index contributed by atoms with van der Waals surface area (Å²) >= 11 is 0. The summed E-state index contributed by atoms with van der Waals surface area (Å²) in [5, 5.41) is 3.74. The van der Waals surface area contributed by atoms with E-state index in [1.807, 2.05) is 0 Å². The highest BCUT2D eigenvalue weighted by Gasteiger charge is 2.23. The maximum Gasteiger partial charge on any atom is 0.00672 e. The van der Waals surface area contributed by atoms with Crippen molar-refractivity contribution in [2.75, 3.05) is 6.54 Å².